The first-order valence-electron chi connectivity index (χ1n) is 17.7. The van der Waals surface area contributed by atoms with Gasteiger partial charge in [0.25, 0.3) is 0 Å². The molecule has 2 aromatic heterocycles. The maximum Gasteiger partial charge on any atom is 2.00 e. The largest absolute Gasteiger partial charge is 2.00 e. The molecule has 0 atom stereocenters. The maximum absolute atomic E-state index is 6.71. The quantitative estimate of drug-likeness (QED) is 0.138. The summed E-state index contributed by atoms with van der Waals surface area (Å²) in [5.74, 6) is 0. The zero-order valence-electron chi connectivity index (χ0n) is 28.6. The molecule has 0 aliphatic heterocycles. The Hall–Kier alpha value is -5.85. The van der Waals surface area contributed by atoms with Gasteiger partial charge in [0.15, 0.2) is 0 Å². The molecule has 0 amide bonds. The average molecular weight is 898 g/mol. The third kappa shape index (κ3) is 5.00. The van der Waals surface area contributed by atoms with E-state index in [4.69, 9.17) is 4.42 Å². The van der Waals surface area contributed by atoms with Crippen molar-refractivity contribution in [2.45, 2.75) is 0 Å². The molecule has 2 heterocycles. The number of aromatic nitrogens is 1. The summed E-state index contributed by atoms with van der Waals surface area (Å²) in [6, 6.07) is 67.3. The van der Waals surface area contributed by atoms with Gasteiger partial charge in [-0.15, -0.1) is 23.8 Å². The van der Waals surface area contributed by atoms with E-state index in [-0.39, 0.29) is 31.1 Å². The van der Waals surface area contributed by atoms with Gasteiger partial charge in [-0.1, -0.05) is 109 Å². The minimum Gasteiger partial charge on any atom is -0.456 e. The summed E-state index contributed by atoms with van der Waals surface area (Å²) in [4.78, 5) is 3.75. The van der Waals surface area contributed by atoms with Crippen LogP contribution in [0, 0.1) is 43.2 Å². The van der Waals surface area contributed by atoms with Crippen LogP contribution in [0.15, 0.2) is 174 Å². The molecule has 0 fully saturated rings. The molecule has 0 bridgehead atoms. The normalized spacial score (nSPS) is 11.6. The van der Waals surface area contributed by atoms with E-state index in [0.29, 0.717) is 0 Å². The van der Waals surface area contributed by atoms with Crippen molar-refractivity contribution in [3.8, 4) is 44.5 Å². The molecule has 1 N–H and O–H groups in total. The Morgan fingerprint density at radius 1 is 0.434 bits per heavy atom. The summed E-state index contributed by atoms with van der Waals surface area (Å²) in [6.07, 6.45) is 0. The first kappa shape index (κ1) is 31.9. The minimum absolute atomic E-state index is 0. The molecule has 0 aliphatic rings. The summed E-state index contributed by atoms with van der Waals surface area (Å²) in [6.45, 7) is 0. The van der Waals surface area contributed by atoms with Gasteiger partial charge in [-0.3, -0.25) is 0 Å². The van der Waals surface area contributed by atoms with Crippen LogP contribution in [0.2, 0.25) is 0 Å². The molecule has 0 aliphatic carbocycles. The maximum atomic E-state index is 6.71. The van der Waals surface area contributed by atoms with Crippen molar-refractivity contribution in [2.75, 3.05) is 0 Å². The predicted molar refractivity (Wildman–Crippen MR) is 218 cm³/mol. The second-order valence-electron chi connectivity index (χ2n) is 13.5. The number of nitrogens with one attached hydrogen (secondary N) is 1. The van der Waals surface area contributed by atoms with E-state index < -0.39 is 0 Å². The number of furan rings is 1. The molecule has 0 radical (unpaired) electrons. The summed E-state index contributed by atoms with van der Waals surface area (Å²) in [7, 11) is 0. The SMILES string of the molecule is [U+2].[c-]1ccccc1-c1[c-]c(-c2c3ccccc3c(-c3ccc4c(c3)oc3ccc5[nH]c6c(-c7ccccc7)cccc6c5c34)c3ccccc23)ccc1. The number of rotatable bonds is 4. The van der Waals surface area contributed by atoms with Gasteiger partial charge in [0.05, 0.1) is 5.52 Å². The van der Waals surface area contributed by atoms with E-state index in [1.54, 1.807) is 0 Å². The molecule has 0 unspecified atom stereocenters. The third-order valence-corrected chi connectivity index (χ3v) is 10.6. The topological polar surface area (TPSA) is 28.9 Å². The Bertz CT molecular complexity index is 3120. The number of aromatic amines is 1. The van der Waals surface area contributed by atoms with Crippen LogP contribution < -0.4 is 0 Å². The molecule has 11 aromatic rings. The van der Waals surface area contributed by atoms with Crippen LogP contribution in [0.5, 0.6) is 0 Å². The Morgan fingerprint density at radius 2 is 1.09 bits per heavy atom. The van der Waals surface area contributed by atoms with Gasteiger partial charge < -0.3 is 9.40 Å². The van der Waals surface area contributed by atoms with Crippen molar-refractivity contribution in [1.29, 1.82) is 0 Å². The van der Waals surface area contributed by atoms with E-state index in [2.05, 4.69) is 175 Å². The zero-order chi connectivity index (χ0) is 34.2. The van der Waals surface area contributed by atoms with Crippen LogP contribution in [0.1, 0.15) is 0 Å². The summed E-state index contributed by atoms with van der Waals surface area (Å²) < 4.78 is 6.71. The molecule has 3 heteroatoms. The van der Waals surface area contributed by atoms with Crippen molar-refractivity contribution in [2.24, 2.45) is 0 Å². The van der Waals surface area contributed by atoms with Crippen molar-refractivity contribution < 1.29 is 35.5 Å². The van der Waals surface area contributed by atoms with Crippen LogP contribution in [0.25, 0.3) is 110 Å². The summed E-state index contributed by atoms with van der Waals surface area (Å²) >= 11 is 0. The monoisotopic (exact) mass is 897 g/mol. The van der Waals surface area contributed by atoms with E-state index in [0.717, 1.165) is 55.2 Å². The number of fused-ring (bicyclic) bond motifs is 9. The number of para-hydroxylation sites is 1. The number of H-pyrrole nitrogens is 1. The fourth-order valence-corrected chi connectivity index (χ4v) is 8.36. The fourth-order valence-electron chi connectivity index (χ4n) is 8.36. The molecule has 53 heavy (non-hydrogen) atoms. The standard InChI is InChI=1S/C50H29NO.U/c1-3-13-31(14-4-1)33-17-11-18-34(29-33)46-37-19-7-9-21-39(37)47(40-22-10-8-20-38(40)46)35-25-26-41-45(30-35)52-44-28-27-43-48(49(41)44)42-24-12-23-36(50(42)51-43)32-15-5-2-6-16-32;/h1-13,15-28,30,51H;/q-2;+2. The number of benzene rings is 9. The van der Waals surface area contributed by atoms with Crippen LogP contribution >= 0.6 is 0 Å². The fraction of sp³-hybridized carbons (Fsp3) is 0. The second-order valence-corrected chi connectivity index (χ2v) is 13.5. The molecule has 244 valence electrons. The van der Waals surface area contributed by atoms with Gasteiger partial charge in [0, 0.05) is 32.6 Å². The summed E-state index contributed by atoms with van der Waals surface area (Å²) in [5, 5.41) is 9.45. The first-order valence-corrected chi connectivity index (χ1v) is 17.7. The number of hydrogen-bond donors (Lipinski definition) is 1. The van der Waals surface area contributed by atoms with Gasteiger partial charge in [-0.05, 0) is 62.5 Å². The molecule has 2 nitrogen and oxygen atoms in total. The smallest absolute Gasteiger partial charge is 0.456 e. The van der Waals surface area contributed by atoms with Crippen LogP contribution in [-0.2, 0) is 0 Å². The van der Waals surface area contributed by atoms with Crippen molar-refractivity contribution in [1.82, 2.24) is 4.98 Å². The molecule has 0 spiro atoms. The van der Waals surface area contributed by atoms with E-state index >= 15 is 0 Å². The molecule has 0 saturated heterocycles. The third-order valence-electron chi connectivity index (χ3n) is 10.6. The van der Waals surface area contributed by atoms with E-state index in [9.17, 15) is 0 Å². The van der Waals surface area contributed by atoms with Crippen LogP contribution in [0.3, 0.4) is 0 Å². The Morgan fingerprint density at radius 3 is 1.85 bits per heavy atom. The van der Waals surface area contributed by atoms with Gasteiger partial charge in [-0.25, -0.2) is 5.56 Å². The van der Waals surface area contributed by atoms with E-state index in [1.807, 2.05) is 12.1 Å². The van der Waals surface area contributed by atoms with Crippen molar-refractivity contribution in [3.05, 3.63) is 182 Å². The Kier molecular flexibility index (Phi) is 7.62. The predicted octanol–water partition coefficient (Wildman–Crippen LogP) is 13.8. The molecular formula is C50H29NOU. The molecular weight excluding hydrogens is 869 g/mol. The minimum atomic E-state index is 0. The van der Waals surface area contributed by atoms with Gasteiger partial charge >= 0.3 is 31.1 Å². The second kappa shape index (κ2) is 12.7. The number of hydrogen-bond acceptors (Lipinski definition) is 1. The van der Waals surface area contributed by atoms with Crippen LogP contribution in [0.4, 0.5) is 0 Å². The Balaban J connectivity index is 0.00000349. The van der Waals surface area contributed by atoms with Gasteiger partial charge in [0.2, 0.25) is 0 Å². The van der Waals surface area contributed by atoms with Crippen LogP contribution in [-0.4, -0.2) is 4.98 Å². The first-order chi connectivity index (χ1) is 25.8. The van der Waals surface area contributed by atoms with Gasteiger partial charge in [-0.2, -0.15) is 42.0 Å². The molecule has 0 saturated carbocycles. The van der Waals surface area contributed by atoms with Crippen molar-refractivity contribution in [3.63, 3.8) is 0 Å². The molecule has 11 rings (SSSR count). The summed E-state index contributed by atoms with van der Waals surface area (Å²) in [5.41, 5.74) is 13.1. The molecule has 9 aromatic carbocycles. The zero-order valence-corrected chi connectivity index (χ0v) is 32.7. The average Bonchev–Trinajstić information content (AvgIpc) is 3.78. The van der Waals surface area contributed by atoms with Crippen molar-refractivity contribution >= 4 is 65.3 Å². The van der Waals surface area contributed by atoms with E-state index in [1.165, 1.54) is 54.6 Å². The van der Waals surface area contributed by atoms with Gasteiger partial charge in [0.1, 0.15) is 11.2 Å². The Labute approximate surface area is 330 Å².